The second kappa shape index (κ2) is 4.52. The summed E-state index contributed by atoms with van der Waals surface area (Å²) in [5.74, 6) is -0.803. The third-order valence-corrected chi connectivity index (χ3v) is 3.09. The lowest BCUT2D eigenvalue weighted by Crippen LogP contribution is -2.14. The van der Waals surface area contributed by atoms with Gasteiger partial charge in [-0.25, -0.2) is 4.79 Å². The van der Waals surface area contributed by atoms with E-state index in [0.717, 1.165) is 25.2 Å². The molecule has 17 heavy (non-hydrogen) atoms. The molecule has 1 atom stereocenters. The molecule has 1 aromatic heterocycles. The lowest BCUT2D eigenvalue weighted by atomic mass is 10.0. The standard InChI is InChI=1S/C12H13N3O2/c1-15-3-2-8(7-15)11-4-10(12(16)17)9(5-13)6-14-11/h4,6,8H,2-3,7H2,1H3,(H,16,17). The van der Waals surface area contributed by atoms with Gasteiger partial charge in [0.2, 0.25) is 0 Å². The Balaban J connectivity index is 2.35. The summed E-state index contributed by atoms with van der Waals surface area (Å²) in [6, 6.07) is 3.38. The molecule has 2 rings (SSSR count). The molecule has 0 spiro atoms. The summed E-state index contributed by atoms with van der Waals surface area (Å²) in [6.07, 6.45) is 2.34. The second-order valence-electron chi connectivity index (χ2n) is 4.32. The van der Waals surface area contributed by atoms with Crippen molar-refractivity contribution in [3.05, 3.63) is 29.1 Å². The molecular formula is C12H13N3O2. The molecule has 0 aromatic carbocycles. The predicted molar refractivity (Wildman–Crippen MR) is 60.8 cm³/mol. The van der Waals surface area contributed by atoms with Gasteiger partial charge in [0, 0.05) is 24.4 Å². The fourth-order valence-electron chi connectivity index (χ4n) is 2.14. The van der Waals surface area contributed by atoms with Crippen molar-refractivity contribution >= 4 is 5.97 Å². The van der Waals surface area contributed by atoms with E-state index in [4.69, 9.17) is 10.4 Å². The number of aromatic carboxylic acids is 1. The van der Waals surface area contributed by atoms with Crippen molar-refractivity contribution in [3.8, 4) is 6.07 Å². The SMILES string of the molecule is CN1CCC(c2cc(C(=O)O)c(C#N)cn2)C1. The van der Waals surface area contributed by atoms with Crippen LogP contribution < -0.4 is 0 Å². The average molecular weight is 231 g/mol. The van der Waals surface area contributed by atoms with Crippen LogP contribution in [0.3, 0.4) is 0 Å². The molecule has 1 aliphatic heterocycles. The van der Waals surface area contributed by atoms with Gasteiger partial charge in [-0.2, -0.15) is 5.26 Å². The Kier molecular flexibility index (Phi) is 3.07. The number of nitriles is 1. The smallest absolute Gasteiger partial charge is 0.337 e. The number of pyridine rings is 1. The zero-order chi connectivity index (χ0) is 12.4. The fraction of sp³-hybridized carbons (Fsp3) is 0.417. The van der Waals surface area contributed by atoms with Crippen molar-refractivity contribution in [2.24, 2.45) is 0 Å². The third-order valence-electron chi connectivity index (χ3n) is 3.09. The van der Waals surface area contributed by atoms with Crippen LogP contribution in [0.4, 0.5) is 0 Å². The summed E-state index contributed by atoms with van der Waals surface area (Å²) in [6.45, 7) is 1.88. The second-order valence-corrected chi connectivity index (χ2v) is 4.32. The average Bonchev–Trinajstić information content (AvgIpc) is 2.75. The molecule has 88 valence electrons. The van der Waals surface area contributed by atoms with Gasteiger partial charge in [0.15, 0.2) is 0 Å². The first-order valence-corrected chi connectivity index (χ1v) is 5.43. The molecule has 5 nitrogen and oxygen atoms in total. The molecule has 1 N–H and O–H groups in total. The first kappa shape index (κ1) is 11.6. The number of hydrogen-bond acceptors (Lipinski definition) is 4. The van der Waals surface area contributed by atoms with Crippen molar-refractivity contribution in [1.29, 1.82) is 5.26 Å². The Labute approximate surface area is 99.3 Å². The quantitative estimate of drug-likeness (QED) is 0.823. The highest BCUT2D eigenvalue weighted by molar-refractivity contribution is 5.90. The summed E-state index contributed by atoms with van der Waals surface area (Å²) in [7, 11) is 2.03. The van der Waals surface area contributed by atoms with E-state index in [9.17, 15) is 4.79 Å². The zero-order valence-electron chi connectivity index (χ0n) is 9.55. The fourth-order valence-corrected chi connectivity index (χ4v) is 2.14. The number of rotatable bonds is 2. The predicted octanol–water partition coefficient (Wildman–Crippen LogP) is 1.07. The summed E-state index contributed by atoms with van der Waals surface area (Å²) in [5.41, 5.74) is 0.936. The van der Waals surface area contributed by atoms with Crippen LogP contribution in [0.1, 0.15) is 34.0 Å². The van der Waals surface area contributed by atoms with E-state index in [-0.39, 0.29) is 17.0 Å². The van der Waals surface area contributed by atoms with Crippen LogP contribution in [0, 0.1) is 11.3 Å². The first-order chi connectivity index (χ1) is 8.11. The Hall–Kier alpha value is -1.93. The highest BCUT2D eigenvalue weighted by Gasteiger charge is 2.24. The molecule has 0 bridgehead atoms. The normalized spacial score (nSPS) is 20.1. The van der Waals surface area contributed by atoms with Gasteiger partial charge in [-0.3, -0.25) is 4.98 Å². The molecule has 1 aromatic rings. The van der Waals surface area contributed by atoms with E-state index in [1.807, 2.05) is 13.1 Å². The lowest BCUT2D eigenvalue weighted by Gasteiger charge is -2.10. The van der Waals surface area contributed by atoms with Gasteiger partial charge in [0.05, 0.1) is 11.1 Å². The lowest BCUT2D eigenvalue weighted by molar-refractivity contribution is 0.0696. The van der Waals surface area contributed by atoms with Crippen molar-refractivity contribution in [3.63, 3.8) is 0 Å². The highest BCUT2D eigenvalue weighted by Crippen LogP contribution is 2.25. The van der Waals surface area contributed by atoms with Gasteiger partial charge in [-0.05, 0) is 26.1 Å². The van der Waals surface area contributed by atoms with Gasteiger partial charge in [-0.15, -0.1) is 0 Å². The van der Waals surface area contributed by atoms with Crippen LogP contribution in [-0.4, -0.2) is 41.1 Å². The Bertz CT molecular complexity index is 493. The zero-order valence-corrected chi connectivity index (χ0v) is 9.55. The number of carboxylic acids is 1. The van der Waals surface area contributed by atoms with Crippen LogP contribution in [0.15, 0.2) is 12.3 Å². The largest absolute Gasteiger partial charge is 0.478 e. The first-order valence-electron chi connectivity index (χ1n) is 5.43. The van der Waals surface area contributed by atoms with Crippen molar-refractivity contribution in [2.45, 2.75) is 12.3 Å². The van der Waals surface area contributed by atoms with Crippen molar-refractivity contribution in [2.75, 3.05) is 20.1 Å². The third kappa shape index (κ3) is 2.27. The number of likely N-dealkylation sites (tertiary alicyclic amines) is 1. The number of hydrogen-bond donors (Lipinski definition) is 1. The minimum absolute atomic E-state index is 0.0482. The van der Waals surface area contributed by atoms with Gasteiger partial charge >= 0.3 is 5.97 Å². The van der Waals surface area contributed by atoms with E-state index in [2.05, 4.69) is 9.88 Å². The Morgan fingerprint density at radius 2 is 2.47 bits per heavy atom. The number of nitrogens with zero attached hydrogens (tertiary/aromatic N) is 3. The molecule has 0 aliphatic carbocycles. The summed E-state index contributed by atoms with van der Waals surface area (Å²) in [5, 5.41) is 17.8. The molecule has 1 saturated heterocycles. The topological polar surface area (TPSA) is 77.2 Å². The van der Waals surface area contributed by atoms with Gasteiger partial charge in [-0.1, -0.05) is 0 Å². The molecule has 0 radical (unpaired) electrons. The van der Waals surface area contributed by atoms with E-state index >= 15 is 0 Å². The molecule has 2 heterocycles. The number of aromatic nitrogens is 1. The molecule has 1 aliphatic rings. The van der Waals surface area contributed by atoms with Crippen LogP contribution in [0.25, 0.3) is 0 Å². The van der Waals surface area contributed by atoms with Gasteiger partial charge in [0.25, 0.3) is 0 Å². The minimum atomic E-state index is -1.07. The van der Waals surface area contributed by atoms with E-state index in [0.29, 0.717) is 0 Å². The highest BCUT2D eigenvalue weighted by atomic mass is 16.4. The van der Waals surface area contributed by atoms with Crippen LogP contribution >= 0.6 is 0 Å². The van der Waals surface area contributed by atoms with Gasteiger partial charge < -0.3 is 10.0 Å². The molecular weight excluding hydrogens is 218 g/mol. The Morgan fingerprint density at radius 1 is 1.71 bits per heavy atom. The number of carbonyl (C=O) groups is 1. The van der Waals surface area contributed by atoms with E-state index < -0.39 is 5.97 Å². The maximum absolute atomic E-state index is 11.0. The van der Waals surface area contributed by atoms with Crippen LogP contribution in [0.5, 0.6) is 0 Å². The summed E-state index contributed by atoms with van der Waals surface area (Å²) in [4.78, 5) is 17.4. The summed E-state index contributed by atoms with van der Waals surface area (Å²) < 4.78 is 0. The molecule has 1 unspecified atom stereocenters. The maximum atomic E-state index is 11.0. The molecule has 0 amide bonds. The van der Waals surface area contributed by atoms with E-state index in [1.54, 1.807) is 0 Å². The van der Waals surface area contributed by atoms with Crippen molar-refractivity contribution < 1.29 is 9.90 Å². The van der Waals surface area contributed by atoms with Crippen LogP contribution in [-0.2, 0) is 0 Å². The Morgan fingerprint density at radius 3 is 3.00 bits per heavy atom. The minimum Gasteiger partial charge on any atom is -0.478 e. The van der Waals surface area contributed by atoms with E-state index in [1.165, 1.54) is 12.3 Å². The maximum Gasteiger partial charge on any atom is 0.337 e. The van der Waals surface area contributed by atoms with Crippen molar-refractivity contribution in [1.82, 2.24) is 9.88 Å². The molecule has 1 fully saturated rings. The molecule has 5 heteroatoms. The summed E-state index contributed by atoms with van der Waals surface area (Å²) >= 11 is 0. The van der Waals surface area contributed by atoms with Gasteiger partial charge in [0.1, 0.15) is 6.07 Å². The molecule has 0 saturated carbocycles. The monoisotopic (exact) mass is 231 g/mol. The number of likely N-dealkylation sites (N-methyl/N-ethyl adjacent to an activating group) is 1. The number of carboxylic acid groups (broad SMARTS) is 1. The van der Waals surface area contributed by atoms with Crippen LogP contribution in [0.2, 0.25) is 0 Å².